The third-order valence-electron chi connectivity index (χ3n) is 4.20. The minimum Gasteiger partial charge on any atom is -0.352 e. The molecule has 2 aliphatic heterocycles. The largest absolute Gasteiger partial charge is 0.401 e. The van der Waals surface area contributed by atoms with Gasteiger partial charge in [0.15, 0.2) is 5.96 Å². The molecule has 8 heteroatoms. The van der Waals surface area contributed by atoms with Gasteiger partial charge in [0, 0.05) is 39.3 Å². The van der Waals surface area contributed by atoms with E-state index in [1.54, 1.807) is 7.05 Å². The quantitative estimate of drug-likeness (QED) is 0.412. The van der Waals surface area contributed by atoms with Gasteiger partial charge in [0.05, 0.1) is 6.54 Å². The molecule has 1 N–H and O–H groups in total. The summed E-state index contributed by atoms with van der Waals surface area (Å²) in [5.41, 5.74) is 0.273. The first-order valence-corrected chi connectivity index (χ1v) is 7.46. The van der Waals surface area contributed by atoms with Gasteiger partial charge in [0.2, 0.25) is 0 Å². The first kappa shape index (κ1) is 19.8. The Morgan fingerprint density at radius 1 is 1.32 bits per heavy atom. The van der Waals surface area contributed by atoms with Crippen molar-refractivity contribution in [3.05, 3.63) is 0 Å². The summed E-state index contributed by atoms with van der Waals surface area (Å²) in [5.74, 6) is 0.819. The second-order valence-electron chi connectivity index (χ2n) is 6.86. The molecule has 4 nitrogen and oxygen atoms in total. The van der Waals surface area contributed by atoms with E-state index < -0.39 is 12.7 Å². The van der Waals surface area contributed by atoms with Gasteiger partial charge in [-0.3, -0.25) is 9.89 Å². The number of rotatable bonds is 2. The third-order valence-corrected chi connectivity index (χ3v) is 4.20. The number of nitrogens with one attached hydrogen (secondary N) is 1. The average Bonchev–Trinajstić information content (AvgIpc) is 2.90. The van der Waals surface area contributed by atoms with Crippen LogP contribution in [0, 0.1) is 5.41 Å². The first-order valence-electron chi connectivity index (χ1n) is 7.46. The zero-order valence-corrected chi connectivity index (χ0v) is 15.7. The highest BCUT2D eigenvalue weighted by atomic mass is 127. The van der Waals surface area contributed by atoms with Crippen LogP contribution in [0.2, 0.25) is 0 Å². The highest BCUT2D eigenvalue weighted by Crippen LogP contribution is 2.29. The fourth-order valence-corrected chi connectivity index (χ4v) is 3.12. The van der Waals surface area contributed by atoms with Crippen molar-refractivity contribution in [2.45, 2.75) is 38.9 Å². The molecule has 0 aromatic heterocycles. The van der Waals surface area contributed by atoms with Crippen LogP contribution < -0.4 is 5.32 Å². The highest BCUT2D eigenvalue weighted by Gasteiger charge is 2.36. The van der Waals surface area contributed by atoms with E-state index in [0.29, 0.717) is 13.1 Å². The second-order valence-corrected chi connectivity index (χ2v) is 6.86. The van der Waals surface area contributed by atoms with Crippen LogP contribution in [0.1, 0.15) is 26.7 Å². The molecule has 0 spiro atoms. The molecule has 2 heterocycles. The van der Waals surface area contributed by atoms with Crippen LogP contribution in [0.5, 0.6) is 0 Å². The van der Waals surface area contributed by atoms with Gasteiger partial charge < -0.3 is 10.2 Å². The number of nitrogens with zero attached hydrogens (tertiary/aromatic N) is 3. The van der Waals surface area contributed by atoms with Gasteiger partial charge >= 0.3 is 6.18 Å². The van der Waals surface area contributed by atoms with Crippen molar-refractivity contribution in [3.8, 4) is 0 Å². The Labute approximate surface area is 147 Å². The Hall–Kier alpha value is -0.250. The van der Waals surface area contributed by atoms with Crippen molar-refractivity contribution in [1.82, 2.24) is 15.1 Å². The number of likely N-dealkylation sites (tertiary alicyclic amines) is 2. The number of guanidine groups is 1. The van der Waals surface area contributed by atoms with Crippen LogP contribution in [0.3, 0.4) is 0 Å². The predicted octanol–water partition coefficient (Wildman–Crippen LogP) is 2.55. The maximum atomic E-state index is 12.4. The summed E-state index contributed by atoms with van der Waals surface area (Å²) in [6, 6.07) is 0.0507. The Bertz CT molecular complexity index is 398. The summed E-state index contributed by atoms with van der Waals surface area (Å²) in [7, 11) is 1.73. The molecule has 0 amide bonds. The van der Waals surface area contributed by atoms with Crippen LogP contribution in [0.15, 0.2) is 4.99 Å². The van der Waals surface area contributed by atoms with Crippen molar-refractivity contribution >= 4 is 29.9 Å². The maximum Gasteiger partial charge on any atom is 0.401 e. The smallest absolute Gasteiger partial charge is 0.352 e. The number of alkyl halides is 3. The molecule has 0 bridgehead atoms. The minimum absolute atomic E-state index is 0. The monoisotopic (exact) mass is 434 g/mol. The molecule has 2 saturated heterocycles. The van der Waals surface area contributed by atoms with Gasteiger partial charge in [-0.1, -0.05) is 13.8 Å². The van der Waals surface area contributed by atoms with Crippen LogP contribution in [-0.2, 0) is 0 Å². The van der Waals surface area contributed by atoms with Crippen molar-refractivity contribution in [2.75, 3.05) is 39.8 Å². The van der Waals surface area contributed by atoms with Crippen LogP contribution >= 0.6 is 24.0 Å². The Balaban J connectivity index is 0.00000242. The number of halogens is 4. The molecule has 1 unspecified atom stereocenters. The summed E-state index contributed by atoms with van der Waals surface area (Å²) in [6.07, 6.45) is -2.28. The molecule has 0 aromatic rings. The van der Waals surface area contributed by atoms with Crippen molar-refractivity contribution in [3.63, 3.8) is 0 Å². The predicted molar refractivity (Wildman–Crippen MR) is 92.8 cm³/mol. The van der Waals surface area contributed by atoms with Crippen LogP contribution in [-0.4, -0.2) is 67.7 Å². The summed E-state index contributed by atoms with van der Waals surface area (Å²) in [6.45, 7) is 6.43. The SMILES string of the molecule is CN=C(NC1CCN(CC(F)(F)F)C1)N1CCC(C)(C)C1.I. The lowest BCUT2D eigenvalue weighted by molar-refractivity contribution is -0.143. The van der Waals surface area contributed by atoms with E-state index in [1.807, 2.05) is 0 Å². The lowest BCUT2D eigenvalue weighted by atomic mass is 9.93. The summed E-state index contributed by atoms with van der Waals surface area (Å²) in [5, 5.41) is 3.33. The summed E-state index contributed by atoms with van der Waals surface area (Å²) in [4.78, 5) is 7.95. The topological polar surface area (TPSA) is 30.9 Å². The van der Waals surface area contributed by atoms with E-state index in [-0.39, 0.29) is 35.4 Å². The lowest BCUT2D eigenvalue weighted by Gasteiger charge is -2.26. The first-order chi connectivity index (χ1) is 9.68. The Morgan fingerprint density at radius 3 is 2.50 bits per heavy atom. The van der Waals surface area contributed by atoms with E-state index >= 15 is 0 Å². The third kappa shape index (κ3) is 5.75. The van der Waals surface area contributed by atoms with Crippen LogP contribution in [0.25, 0.3) is 0 Å². The zero-order chi connectivity index (χ0) is 15.7. The Morgan fingerprint density at radius 2 is 2.00 bits per heavy atom. The van der Waals surface area contributed by atoms with Crippen molar-refractivity contribution in [2.24, 2.45) is 10.4 Å². The summed E-state index contributed by atoms with van der Waals surface area (Å²) < 4.78 is 37.2. The normalized spacial score (nSPS) is 26.2. The number of aliphatic imine (C=N–C) groups is 1. The Kier molecular flexibility index (Phi) is 6.79. The number of hydrogen-bond acceptors (Lipinski definition) is 2. The zero-order valence-electron chi connectivity index (χ0n) is 13.4. The average molecular weight is 434 g/mol. The molecule has 0 aliphatic carbocycles. The standard InChI is InChI=1S/C14H25F3N4.HI/c1-13(2)5-7-21(9-13)12(18-3)19-11-4-6-20(8-11)10-14(15,16)17;/h11H,4-10H2,1-3H3,(H,18,19);1H. The number of hydrogen-bond donors (Lipinski definition) is 1. The molecule has 1 atom stereocenters. The fourth-order valence-electron chi connectivity index (χ4n) is 3.12. The minimum atomic E-state index is -4.12. The molecule has 2 fully saturated rings. The van der Waals surface area contributed by atoms with Gasteiger partial charge in [0.25, 0.3) is 0 Å². The molecular formula is C14H26F3IN4. The van der Waals surface area contributed by atoms with Gasteiger partial charge in [-0.05, 0) is 18.3 Å². The van der Waals surface area contributed by atoms with Gasteiger partial charge in [0.1, 0.15) is 0 Å². The molecule has 2 rings (SSSR count). The van der Waals surface area contributed by atoms with E-state index in [1.165, 1.54) is 4.90 Å². The lowest BCUT2D eigenvalue weighted by Crippen LogP contribution is -2.46. The van der Waals surface area contributed by atoms with Crippen molar-refractivity contribution in [1.29, 1.82) is 0 Å². The van der Waals surface area contributed by atoms with E-state index in [4.69, 9.17) is 0 Å². The molecule has 0 saturated carbocycles. The van der Waals surface area contributed by atoms with E-state index in [2.05, 4.69) is 29.1 Å². The second kappa shape index (κ2) is 7.55. The summed E-state index contributed by atoms with van der Waals surface area (Å²) >= 11 is 0. The van der Waals surface area contributed by atoms with Gasteiger partial charge in [-0.2, -0.15) is 13.2 Å². The van der Waals surface area contributed by atoms with Crippen molar-refractivity contribution < 1.29 is 13.2 Å². The molecule has 2 aliphatic rings. The van der Waals surface area contributed by atoms with E-state index in [9.17, 15) is 13.2 Å². The molecule has 0 radical (unpaired) electrons. The molecule has 0 aromatic carbocycles. The van der Waals surface area contributed by atoms with Gasteiger partial charge in [-0.15, -0.1) is 24.0 Å². The van der Waals surface area contributed by atoms with Crippen LogP contribution in [0.4, 0.5) is 13.2 Å². The highest BCUT2D eigenvalue weighted by molar-refractivity contribution is 14.0. The fraction of sp³-hybridized carbons (Fsp3) is 0.929. The van der Waals surface area contributed by atoms with Gasteiger partial charge in [-0.25, -0.2) is 0 Å². The maximum absolute atomic E-state index is 12.4. The molecule has 22 heavy (non-hydrogen) atoms. The van der Waals surface area contributed by atoms with E-state index in [0.717, 1.165) is 31.9 Å². The molecule has 130 valence electrons. The molecular weight excluding hydrogens is 408 g/mol.